The van der Waals surface area contributed by atoms with Crippen LogP contribution in [0.15, 0.2) is 63.2 Å². The normalized spacial score (nSPS) is 17.7. The maximum atomic E-state index is 13.4. The van der Waals surface area contributed by atoms with Crippen molar-refractivity contribution >= 4 is 43.2 Å². The number of β-amino-alcohol motifs (C(OH)–C–C–N with tert-alkyl or cyclic N) is 1. The third kappa shape index (κ3) is 6.91. The number of alkyl halides is 3. The summed E-state index contributed by atoms with van der Waals surface area (Å²) < 4.78 is 88.1. The third-order valence-corrected chi connectivity index (χ3v) is 8.98. The van der Waals surface area contributed by atoms with Gasteiger partial charge in [0.1, 0.15) is 4.90 Å². The summed E-state index contributed by atoms with van der Waals surface area (Å²) in [6.45, 7) is 0.434. The number of sulfone groups is 1. The average molecular weight is 568 g/mol. The lowest BCUT2D eigenvalue weighted by molar-refractivity contribution is -0.130. The second-order valence-electron chi connectivity index (χ2n) is 8.10. The van der Waals surface area contributed by atoms with Crippen molar-refractivity contribution in [2.24, 2.45) is 5.14 Å². The number of carbonyl (C=O) groups excluding carboxylic acids is 1. The number of halogens is 3. The Bertz CT molecular complexity index is 1310. The molecule has 1 heterocycles. The van der Waals surface area contributed by atoms with Crippen LogP contribution in [-0.4, -0.2) is 69.2 Å². The van der Waals surface area contributed by atoms with Gasteiger partial charge in [-0.15, -0.1) is 11.8 Å². The Morgan fingerprint density at radius 3 is 2.39 bits per heavy atom. The largest absolute Gasteiger partial charge is 0.501 e. The molecule has 1 unspecified atom stereocenters. The molecule has 0 radical (unpaired) electrons. The Kier molecular flexibility index (Phi) is 8.60. The van der Waals surface area contributed by atoms with Crippen molar-refractivity contribution in [2.75, 3.05) is 24.2 Å². The number of carbonyl (C=O) groups is 1. The van der Waals surface area contributed by atoms with Crippen molar-refractivity contribution in [3.63, 3.8) is 0 Å². The molecule has 2 aromatic carbocycles. The molecule has 1 fully saturated rings. The Labute approximate surface area is 210 Å². The number of amides is 1. The van der Waals surface area contributed by atoms with Crippen LogP contribution >= 0.6 is 11.8 Å². The number of nitrogens with zero attached hydrogens (tertiary/aromatic N) is 1. The standard InChI is InChI=1S/C21H24F3N3O6S3/c22-21(23,24)35(30,31)19-11-17(36(25,32)33)6-7-18(19)26-14(13-34-16-4-2-1-3-5-16)10-20(29)27-9-8-15(28)12-27/h1-7,11,14-15,26,28H,8-10,12-13H2,(H2,25,32,33)/t14-,15?/m1/s1. The number of benzene rings is 2. The van der Waals surface area contributed by atoms with Crippen molar-refractivity contribution in [1.82, 2.24) is 4.90 Å². The van der Waals surface area contributed by atoms with Gasteiger partial charge >= 0.3 is 5.51 Å². The van der Waals surface area contributed by atoms with Crippen molar-refractivity contribution in [1.29, 1.82) is 0 Å². The van der Waals surface area contributed by atoms with Crippen LogP contribution in [0.5, 0.6) is 0 Å². The van der Waals surface area contributed by atoms with E-state index in [0.717, 1.165) is 17.0 Å². The number of thioether (sulfide) groups is 1. The lowest BCUT2D eigenvalue weighted by Gasteiger charge is -2.24. The lowest BCUT2D eigenvalue weighted by Crippen LogP contribution is -2.36. The van der Waals surface area contributed by atoms with Crippen LogP contribution in [0, 0.1) is 0 Å². The van der Waals surface area contributed by atoms with Crippen LogP contribution in [-0.2, 0) is 24.7 Å². The predicted molar refractivity (Wildman–Crippen MR) is 127 cm³/mol. The van der Waals surface area contributed by atoms with Gasteiger partial charge in [-0.3, -0.25) is 4.79 Å². The molecule has 0 bridgehead atoms. The molecule has 2 atom stereocenters. The zero-order valence-electron chi connectivity index (χ0n) is 18.7. The zero-order chi connectivity index (χ0) is 26.7. The quantitative estimate of drug-likeness (QED) is 0.391. The van der Waals surface area contributed by atoms with E-state index in [1.54, 1.807) is 30.3 Å². The molecule has 198 valence electrons. The highest BCUT2D eigenvalue weighted by Gasteiger charge is 2.48. The average Bonchev–Trinajstić information content (AvgIpc) is 3.23. The van der Waals surface area contributed by atoms with E-state index in [9.17, 15) is 39.9 Å². The topological polar surface area (TPSA) is 147 Å². The molecule has 1 aliphatic rings. The summed E-state index contributed by atoms with van der Waals surface area (Å²) in [4.78, 5) is 12.9. The number of sulfonamides is 1. The van der Waals surface area contributed by atoms with Crippen LogP contribution in [0.3, 0.4) is 0 Å². The molecule has 4 N–H and O–H groups in total. The van der Waals surface area contributed by atoms with E-state index >= 15 is 0 Å². The van der Waals surface area contributed by atoms with Gasteiger partial charge in [-0.1, -0.05) is 18.2 Å². The highest BCUT2D eigenvalue weighted by Crippen LogP contribution is 2.36. The number of hydrogen-bond acceptors (Lipinski definition) is 8. The van der Waals surface area contributed by atoms with E-state index in [-0.39, 0.29) is 24.6 Å². The second-order valence-corrected chi connectivity index (χ2v) is 12.7. The number of aliphatic hydroxyl groups excluding tert-OH is 1. The molecule has 2 aromatic rings. The van der Waals surface area contributed by atoms with Crippen LogP contribution < -0.4 is 10.5 Å². The Balaban J connectivity index is 1.96. The molecule has 9 nitrogen and oxygen atoms in total. The van der Waals surface area contributed by atoms with Gasteiger partial charge in [0.2, 0.25) is 15.9 Å². The first kappa shape index (κ1) is 28.2. The number of primary sulfonamides is 1. The van der Waals surface area contributed by atoms with Crippen LogP contribution in [0.25, 0.3) is 0 Å². The monoisotopic (exact) mass is 567 g/mol. The summed E-state index contributed by atoms with van der Waals surface area (Å²) in [7, 11) is -10.5. The number of hydrogen-bond donors (Lipinski definition) is 3. The molecule has 0 saturated carbocycles. The number of likely N-dealkylation sites (tertiary alicyclic amines) is 1. The molecule has 0 spiro atoms. The van der Waals surface area contributed by atoms with Gasteiger partial charge in [0.25, 0.3) is 9.84 Å². The van der Waals surface area contributed by atoms with Crippen molar-refractivity contribution in [3.05, 3.63) is 48.5 Å². The van der Waals surface area contributed by atoms with Gasteiger partial charge in [0, 0.05) is 36.2 Å². The van der Waals surface area contributed by atoms with E-state index in [1.165, 1.54) is 16.7 Å². The summed E-state index contributed by atoms with van der Waals surface area (Å²) in [5.41, 5.74) is -6.23. The molecule has 3 rings (SSSR count). The van der Waals surface area contributed by atoms with Crippen LogP contribution in [0.1, 0.15) is 12.8 Å². The van der Waals surface area contributed by atoms with Crippen LogP contribution in [0.4, 0.5) is 18.9 Å². The fourth-order valence-corrected chi connectivity index (χ4v) is 6.05. The molecule has 1 amide bonds. The summed E-state index contributed by atoms with van der Waals surface area (Å²) >= 11 is 1.29. The minimum Gasteiger partial charge on any atom is -0.391 e. The summed E-state index contributed by atoms with van der Waals surface area (Å²) in [6, 6.07) is 10.2. The minimum absolute atomic E-state index is 0.119. The van der Waals surface area contributed by atoms with Crippen molar-refractivity contribution < 1.29 is 39.9 Å². The van der Waals surface area contributed by atoms with Crippen molar-refractivity contribution in [3.8, 4) is 0 Å². The molecule has 36 heavy (non-hydrogen) atoms. The van der Waals surface area contributed by atoms with E-state index < -0.39 is 53.0 Å². The van der Waals surface area contributed by atoms with Gasteiger partial charge in [-0.05, 0) is 36.8 Å². The summed E-state index contributed by atoms with van der Waals surface area (Å²) in [5, 5.41) is 17.4. The van der Waals surface area contributed by atoms with E-state index in [1.807, 2.05) is 0 Å². The van der Waals surface area contributed by atoms with Gasteiger partial charge in [0.05, 0.1) is 16.7 Å². The maximum Gasteiger partial charge on any atom is 0.501 e. The van der Waals surface area contributed by atoms with Gasteiger partial charge in [-0.2, -0.15) is 13.2 Å². The number of rotatable bonds is 9. The first-order valence-electron chi connectivity index (χ1n) is 10.6. The van der Waals surface area contributed by atoms with Gasteiger partial charge in [0.15, 0.2) is 0 Å². The van der Waals surface area contributed by atoms with Gasteiger partial charge < -0.3 is 15.3 Å². The highest BCUT2D eigenvalue weighted by molar-refractivity contribution is 7.99. The molecule has 1 saturated heterocycles. The smallest absolute Gasteiger partial charge is 0.391 e. The fraction of sp³-hybridized carbons (Fsp3) is 0.381. The molecular weight excluding hydrogens is 543 g/mol. The van der Waals surface area contributed by atoms with Gasteiger partial charge in [-0.25, -0.2) is 22.0 Å². The minimum atomic E-state index is -5.97. The Hall–Kier alpha value is -2.33. The lowest BCUT2D eigenvalue weighted by atomic mass is 10.2. The SMILES string of the molecule is NS(=O)(=O)c1ccc(N[C@@H](CSc2ccccc2)CC(=O)N2CCC(O)C2)c(S(=O)(=O)C(F)(F)F)c1. The summed E-state index contributed by atoms with van der Waals surface area (Å²) in [6.07, 6.45) is -0.492. The fourth-order valence-electron chi connectivity index (χ4n) is 3.54. The molecule has 15 heteroatoms. The predicted octanol–water partition coefficient (Wildman–Crippen LogP) is 2.18. The van der Waals surface area contributed by atoms with Crippen LogP contribution in [0.2, 0.25) is 0 Å². The third-order valence-electron chi connectivity index (χ3n) is 5.37. The molecule has 1 aliphatic heterocycles. The molecule has 0 aromatic heterocycles. The number of anilines is 1. The zero-order valence-corrected chi connectivity index (χ0v) is 21.1. The van der Waals surface area contributed by atoms with E-state index in [2.05, 4.69) is 5.32 Å². The first-order chi connectivity index (χ1) is 16.7. The summed E-state index contributed by atoms with van der Waals surface area (Å²) in [5.74, 6) is -0.215. The number of nitrogens with two attached hydrogens (primary N) is 1. The van der Waals surface area contributed by atoms with E-state index in [4.69, 9.17) is 5.14 Å². The highest BCUT2D eigenvalue weighted by atomic mass is 32.2. The Morgan fingerprint density at radius 1 is 1.17 bits per heavy atom. The maximum absolute atomic E-state index is 13.4. The molecule has 0 aliphatic carbocycles. The first-order valence-corrected chi connectivity index (χ1v) is 14.6. The number of nitrogens with one attached hydrogen (secondary N) is 1. The second kappa shape index (κ2) is 11.0. The van der Waals surface area contributed by atoms with Crippen molar-refractivity contribution in [2.45, 2.75) is 45.2 Å². The molecular formula is C21H24F3N3O6S3. The number of aliphatic hydroxyl groups is 1. The van der Waals surface area contributed by atoms with E-state index in [0.29, 0.717) is 19.0 Å². The Morgan fingerprint density at radius 2 is 1.83 bits per heavy atom.